The first kappa shape index (κ1) is 18.5. The lowest BCUT2D eigenvalue weighted by atomic mass is 10.0. The maximum absolute atomic E-state index is 6.15. The largest absolute Gasteiger partial charge is 0.416 e. The molecule has 2 rings (SSSR count). The van der Waals surface area contributed by atoms with E-state index < -0.39 is 8.32 Å². The van der Waals surface area contributed by atoms with Crippen molar-refractivity contribution in [3.05, 3.63) is 60.2 Å². The highest BCUT2D eigenvalue weighted by Gasteiger charge is 2.36. The van der Waals surface area contributed by atoms with Gasteiger partial charge in [0.2, 0.25) is 0 Å². The number of benzene rings is 2. The Hall–Kier alpha value is -1.82. The van der Waals surface area contributed by atoms with E-state index in [4.69, 9.17) is 4.43 Å². The van der Waals surface area contributed by atoms with Crippen molar-refractivity contribution in [2.45, 2.75) is 45.3 Å². The van der Waals surface area contributed by atoms with Crippen molar-refractivity contribution in [1.29, 1.82) is 0 Å². The van der Waals surface area contributed by atoms with Gasteiger partial charge in [0.1, 0.15) is 0 Å². The zero-order valence-corrected chi connectivity index (χ0v) is 16.5. The summed E-state index contributed by atoms with van der Waals surface area (Å²) >= 11 is 0. The molecule has 0 saturated carbocycles. The predicted octanol–water partition coefficient (Wildman–Crippen LogP) is 6.12. The SMILES string of the molecule is CC(C)(C)[Si](C)(C)OCCC#Cc1ccc(-c2ccccc2)cc1. The summed E-state index contributed by atoms with van der Waals surface area (Å²) < 4.78 is 6.15. The molecule has 0 bridgehead atoms. The van der Waals surface area contributed by atoms with Gasteiger partial charge in [-0.2, -0.15) is 0 Å². The summed E-state index contributed by atoms with van der Waals surface area (Å²) in [6.45, 7) is 12.1. The van der Waals surface area contributed by atoms with Gasteiger partial charge < -0.3 is 4.43 Å². The van der Waals surface area contributed by atoms with Crippen LogP contribution in [-0.2, 0) is 4.43 Å². The lowest BCUT2D eigenvalue weighted by Crippen LogP contribution is -2.40. The van der Waals surface area contributed by atoms with Crippen molar-refractivity contribution in [1.82, 2.24) is 0 Å². The third-order valence-corrected chi connectivity index (χ3v) is 9.26. The number of hydrogen-bond acceptors (Lipinski definition) is 1. The second kappa shape index (κ2) is 7.83. The van der Waals surface area contributed by atoms with Crippen LogP contribution in [0.3, 0.4) is 0 Å². The van der Waals surface area contributed by atoms with E-state index in [-0.39, 0.29) is 5.04 Å². The highest BCUT2D eigenvalue weighted by Crippen LogP contribution is 2.36. The first-order valence-corrected chi connectivity index (χ1v) is 11.5. The van der Waals surface area contributed by atoms with Crippen LogP contribution in [0, 0.1) is 11.8 Å². The van der Waals surface area contributed by atoms with Gasteiger partial charge in [0, 0.05) is 18.6 Å². The van der Waals surface area contributed by atoms with Gasteiger partial charge in [-0.15, -0.1) is 0 Å². The molecule has 126 valence electrons. The maximum Gasteiger partial charge on any atom is 0.192 e. The highest BCUT2D eigenvalue weighted by molar-refractivity contribution is 6.74. The van der Waals surface area contributed by atoms with Crippen LogP contribution in [-0.4, -0.2) is 14.9 Å². The minimum absolute atomic E-state index is 0.258. The van der Waals surface area contributed by atoms with E-state index in [0.29, 0.717) is 0 Å². The summed E-state index contributed by atoms with van der Waals surface area (Å²) in [6.07, 6.45) is 0.785. The average molecular weight is 337 g/mol. The molecule has 0 aliphatic heterocycles. The van der Waals surface area contributed by atoms with Crippen LogP contribution in [0.4, 0.5) is 0 Å². The van der Waals surface area contributed by atoms with Gasteiger partial charge in [0.05, 0.1) is 0 Å². The Balaban J connectivity index is 1.88. The lowest BCUT2D eigenvalue weighted by Gasteiger charge is -2.35. The molecule has 2 aromatic carbocycles. The molecular formula is C22H28OSi. The third kappa shape index (κ3) is 5.09. The summed E-state index contributed by atoms with van der Waals surface area (Å²) in [7, 11) is -1.65. The van der Waals surface area contributed by atoms with E-state index in [1.165, 1.54) is 11.1 Å². The summed E-state index contributed by atoms with van der Waals surface area (Å²) in [6, 6.07) is 18.8. The first-order chi connectivity index (χ1) is 11.3. The zero-order valence-electron chi connectivity index (χ0n) is 15.5. The molecule has 0 aliphatic carbocycles. The summed E-state index contributed by atoms with van der Waals surface area (Å²) in [5.41, 5.74) is 3.52. The van der Waals surface area contributed by atoms with Crippen molar-refractivity contribution >= 4 is 8.32 Å². The Bertz CT molecular complexity index is 698. The molecule has 0 amide bonds. The molecule has 0 spiro atoms. The molecule has 0 aromatic heterocycles. The Morgan fingerprint density at radius 3 is 2.04 bits per heavy atom. The molecule has 2 aromatic rings. The van der Waals surface area contributed by atoms with Crippen molar-refractivity contribution in [3.63, 3.8) is 0 Å². The molecular weight excluding hydrogens is 308 g/mol. The van der Waals surface area contributed by atoms with Gasteiger partial charge in [-0.3, -0.25) is 0 Å². The monoisotopic (exact) mass is 336 g/mol. The van der Waals surface area contributed by atoms with Gasteiger partial charge in [-0.25, -0.2) is 0 Å². The first-order valence-electron chi connectivity index (χ1n) is 8.58. The van der Waals surface area contributed by atoms with E-state index in [2.05, 4.69) is 94.2 Å². The van der Waals surface area contributed by atoms with Crippen LogP contribution in [0.5, 0.6) is 0 Å². The third-order valence-electron chi connectivity index (χ3n) is 4.72. The van der Waals surface area contributed by atoms with Gasteiger partial charge >= 0.3 is 0 Å². The number of rotatable bonds is 4. The van der Waals surface area contributed by atoms with E-state index >= 15 is 0 Å². The fraction of sp³-hybridized carbons (Fsp3) is 0.364. The van der Waals surface area contributed by atoms with Crippen molar-refractivity contribution < 1.29 is 4.43 Å². The highest BCUT2D eigenvalue weighted by atomic mass is 28.4. The van der Waals surface area contributed by atoms with E-state index in [9.17, 15) is 0 Å². The average Bonchev–Trinajstić information content (AvgIpc) is 2.55. The van der Waals surface area contributed by atoms with Crippen LogP contribution in [0.15, 0.2) is 54.6 Å². The van der Waals surface area contributed by atoms with Gasteiger partial charge in [0.25, 0.3) is 0 Å². The summed E-state index contributed by atoms with van der Waals surface area (Å²) in [5.74, 6) is 6.47. The fourth-order valence-electron chi connectivity index (χ4n) is 2.11. The smallest absolute Gasteiger partial charge is 0.192 e. The summed E-state index contributed by atoms with van der Waals surface area (Å²) in [5, 5.41) is 0.258. The predicted molar refractivity (Wildman–Crippen MR) is 107 cm³/mol. The molecule has 0 heterocycles. The van der Waals surface area contributed by atoms with Crippen LogP contribution >= 0.6 is 0 Å². The zero-order chi connectivity index (χ0) is 17.6. The molecule has 0 atom stereocenters. The van der Waals surface area contributed by atoms with Crippen molar-refractivity contribution in [2.75, 3.05) is 6.61 Å². The second-order valence-corrected chi connectivity index (χ2v) is 12.4. The second-order valence-electron chi connectivity index (χ2n) is 7.60. The van der Waals surface area contributed by atoms with Gasteiger partial charge in [-0.05, 0) is 41.4 Å². The van der Waals surface area contributed by atoms with Crippen LogP contribution in [0.1, 0.15) is 32.8 Å². The molecule has 1 nitrogen and oxygen atoms in total. The van der Waals surface area contributed by atoms with Crippen LogP contribution in [0.25, 0.3) is 11.1 Å². The molecule has 0 aliphatic rings. The molecule has 0 N–H and O–H groups in total. The quantitative estimate of drug-likeness (QED) is 0.371. The van der Waals surface area contributed by atoms with Crippen molar-refractivity contribution in [2.24, 2.45) is 0 Å². The fourth-order valence-corrected chi connectivity index (χ4v) is 3.16. The maximum atomic E-state index is 6.15. The number of hydrogen-bond donors (Lipinski definition) is 0. The van der Waals surface area contributed by atoms with E-state index in [1.807, 2.05) is 6.07 Å². The Morgan fingerprint density at radius 2 is 1.46 bits per heavy atom. The lowest BCUT2D eigenvalue weighted by molar-refractivity contribution is 0.296. The summed E-state index contributed by atoms with van der Waals surface area (Å²) in [4.78, 5) is 0. The molecule has 24 heavy (non-hydrogen) atoms. The van der Waals surface area contributed by atoms with Crippen LogP contribution in [0.2, 0.25) is 18.1 Å². The van der Waals surface area contributed by atoms with Crippen molar-refractivity contribution in [3.8, 4) is 23.0 Å². The van der Waals surface area contributed by atoms with Gasteiger partial charge in [-0.1, -0.05) is 75.1 Å². The minimum Gasteiger partial charge on any atom is -0.416 e. The van der Waals surface area contributed by atoms with Crippen LogP contribution < -0.4 is 0 Å². The van der Waals surface area contributed by atoms with E-state index in [1.54, 1.807) is 0 Å². The Kier molecular flexibility index (Phi) is 6.04. The normalized spacial score (nSPS) is 11.7. The molecule has 0 unspecified atom stereocenters. The molecule has 0 fully saturated rings. The topological polar surface area (TPSA) is 9.23 Å². The molecule has 2 heteroatoms. The van der Waals surface area contributed by atoms with E-state index in [0.717, 1.165) is 18.6 Å². The minimum atomic E-state index is -1.65. The Labute approximate surface area is 148 Å². The standard InChI is InChI=1S/C22H28OSi/c1-22(2,3)24(4,5)23-18-10-9-11-19-14-16-21(17-15-19)20-12-7-6-8-13-20/h6-8,12-17H,10,18H2,1-5H3. The Morgan fingerprint density at radius 1 is 0.875 bits per heavy atom. The van der Waals surface area contributed by atoms with Gasteiger partial charge in [0.15, 0.2) is 8.32 Å². The molecule has 0 saturated heterocycles. The molecule has 0 radical (unpaired) electrons.